The largest absolute Gasteiger partial charge is 0.481 e. The van der Waals surface area contributed by atoms with Gasteiger partial charge in [0.05, 0.1) is 0 Å². The molecule has 0 aliphatic heterocycles. The van der Waals surface area contributed by atoms with Gasteiger partial charge in [-0.15, -0.1) is 0 Å². The van der Waals surface area contributed by atoms with Gasteiger partial charge in [0.1, 0.15) is 6.10 Å². The molecule has 0 amide bonds. The van der Waals surface area contributed by atoms with E-state index in [0.29, 0.717) is 12.8 Å². The Morgan fingerprint density at radius 2 is 0.750 bits per heavy atom. The van der Waals surface area contributed by atoms with E-state index in [0.717, 1.165) is 64.2 Å². The van der Waals surface area contributed by atoms with Gasteiger partial charge in [0.25, 0.3) is 0 Å². The maximum absolute atomic E-state index is 12.7. The minimum atomic E-state index is -0.667. The lowest BCUT2D eigenvalue weighted by molar-refractivity contribution is -0.150. The highest BCUT2D eigenvalue weighted by Gasteiger charge is 2.14. The molecule has 0 heterocycles. The second-order valence-corrected chi connectivity index (χ2v) is 15.2. The third-order valence-corrected chi connectivity index (χ3v) is 10.1. The van der Waals surface area contributed by atoms with Crippen LogP contribution in [-0.2, 0) is 14.3 Å². The molecular formula is C48H86O4. The fourth-order valence-electron chi connectivity index (χ4n) is 6.70. The maximum Gasteiger partial charge on any atom is 0.306 e. The van der Waals surface area contributed by atoms with Crippen LogP contribution in [0.2, 0.25) is 0 Å². The molecule has 1 N–H and O–H groups in total. The summed E-state index contributed by atoms with van der Waals surface area (Å²) in [6.07, 6.45) is 58.9. The molecule has 302 valence electrons. The Balaban J connectivity index is 3.82. The van der Waals surface area contributed by atoms with Crippen LogP contribution in [0.1, 0.15) is 239 Å². The van der Waals surface area contributed by atoms with E-state index >= 15 is 0 Å². The second-order valence-electron chi connectivity index (χ2n) is 15.2. The number of carbonyl (C=O) groups is 2. The molecule has 0 aromatic rings. The normalized spacial score (nSPS) is 12.7. The lowest BCUT2D eigenvalue weighted by Crippen LogP contribution is -2.18. The third kappa shape index (κ3) is 42.3. The number of allylic oxidation sites excluding steroid dienone is 8. The molecule has 0 aliphatic carbocycles. The maximum atomic E-state index is 12.7. The fraction of sp³-hybridized carbons (Fsp3) is 0.792. The number of esters is 1. The van der Waals surface area contributed by atoms with Gasteiger partial charge in [-0.25, -0.2) is 0 Å². The van der Waals surface area contributed by atoms with E-state index in [4.69, 9.17) is 9.84 Å². The Kier molecular flexibility index (Phi) is 41.6. The Hall–Kier alpha value is -2.10. The number of hydrogen-bond donors (Lipinski definition) is 1. The minimum absolute atomic E-state index is 0.0276. The molecule has 0 rings (SSSR count). The SMILES string of the molecule is CCCCC/C=C\C/C=C\C/C=C\C/C=C\CCCCCCCC(=O)OC(CCCCCC)CCCCCCCCCCCCCCCCC(=O)O. The highest BCUT2D eigenvalue weighted by molar-refractivity contribution is 5.69. The first kappa shape index (κ1) is 49.9. The van der Waals surface area contributed by atoms with Crippen molar-refractivity contribution in [2.24, 2.45) is 0 Å². The molecule has 1 unspecified atom stereocenters. The van der Waals surface area contributed by atoms with Gasteiger partial charge in [-0.1, -0.05) is 191 Å². The molecule has 0 aliphatic rings. The molecule has 1 atom stereocenters. The third-order valence-electron chi connectivity index (χ3n) is 10.1. The van der Waals surface area contributed by atoms with Crippen LogP contribution >= 0.6 is 0 Å². The number of carbonyl (C=O) groups excluding carboxylic acids is 1. The molecule has 0 saturated heterocycles. The standard InChI is InChI=1S/C48H86O4/c1-3-5-7-9-10-11-12-13-14-15-16-17-18-19-20-25-28-31-34-37-41-45-48(51)52-46(42-38-8-6-4-2)43-39-35-32-29-26-23-21-22-24-27-30-33-36-40-44-47(49)50/h10-11,13-14,16-17,19-20,46H,3-9,12,15,18,21-45H2,1-2H3,(H,49,50)/b11-10-,14-13-,17-16-,20-19-. The zero-order chi connectivity index (χ0) is 37.8. The van der Waals surface area contributed by atoms with Crippen LogP contribution in [0, 0.1) is 0 Å². The van der Waals surface area contributed by atoms with Gasteiger partial charge in [0.15, 0.2) is 0 Å². The van der Waals surface area contributed by atoms with Crippen molar-refractivity contribution >= 4 is 11.9 Å². The van der Waals surface area contributed by atoms with Crippen LogP contribution in [0.25, 0.3) is 0 Å². The van der Waals surface area contributed by atoms with Crippen LogP contribution in [0.5, 0.6) is 0 Å². The lowest BCUT2D eigenvalue weighted by Gasteiger charge is -2.18. The lowest BCUT2D eigenvalue weighted by atomic mass is 10.0. The van der Waals surface area contributed by atoms with Crippen molar-refractivity contribution in [3.05, 3.63) is 48.6 Å². The van der Waals surface area contributed by atoms with Crippen molar-refractivity contribution in [1.29, 1.82) is 0 Å². The molecule has 52 heavy (non-hydrogen) atoms. The van der Waals surface area contributed by atoms with Gasteiger partial charge in [-0.3, -0.25) is 9.59 Å². The summed E-state index contributed by atoms with van der Waals surface area (Å²) in [7, 11) is 0. The van der Waals surface area contributed by atoms with E-state index in [1.807, 2.05) is 0 Å². The Bertz CT molecular complexity index is 870. The summed E-state index contributed by atoms with van der Waals surface area (Å²) in [6.45, 7) is 4.50. The van der Waals surface area contributed by atoms with Gasteiger partial charge in [0.2, 0.25) is 0 Å². The van der Waals surface area contributed by atoms with E-state index in [9.17, 15) is 9.59 Å². The summed E-state index contributed by atoms with van der Waals surface area (Å²) in [5, 5.41) is 8.69. The van der Waals surface area contributed by atoms with E-state index in [-0.39, 0.29) is 12.1 Å². The van der Waals surface area contributed by atoms with Crippen molar-refractivity contribution < 1.29 is 19.4 Å². The van der Waals surface area contributed by atoms with Crippen LogP contribution in [0.4, 0.5) is 0 Å². The van der Waals surface area contributed by atoms with Crippen molar-refractivity contribution in [1.82, 2.24) is 0 Å². The van der Waals surface area contributed by atoms with Gasteiger partial charge in [-0.05, 0) is 83.5 Å². The number of hydrogen-bond acceptors (Lipinski definition) is 3. The Labute approximate surface area is 323 Å². The van der Waals surface area contributed by atoms with Gasteiger partial charge < -0.3 is 9.84 Å². The molecule has 0 fully saturated rings. The zero-order valence-corrected chi connectivity index (χ0v) is 34.6. The average Bonchev–Trinajstić information content (AvgIpc) is 3.13. The molecular weight excluding hydrogens is 641 g/mol. The highest BCUT2D eigenvalue weighted by atomic mass is 16.5. The van der Waals surface area contributed by atoms with Crippen molar-refractivity contribution in [2.45, 2.75) is 245 Å². The Morgan fingerprint density at radius 3 is 1.19 bits per heavy atom. The predicted molar refractivity (Wildman–Crippen MR) is 227 cm³/mol. The average molecular weight is 727 g/mol. The van der Waals surface area contributed by atoms with Gasteiger partial charge in [-0.2, -0.15) is 0 Å². The van der Waals surface area contributed by atoms with Crippen LogP contribution in [0.3, 0.4) is 0 Å². The highest BCUT2D eigenvalue weighted by Crippen LogP contribution is 2.19. The van der Waals surface area contributed by atoms with Crippen LogP contribution in [-0.4, -0.2) is 23.1 Å². The van der Waals surface area contributed by atoms with Crippen molar-refractivity contribution in [2.75, 3.05) is 0 Å². The summed E-state index contributed by atoms with van der Waals surface area (Å²) in [5.41, 5.74) is 0. The molecule has 0 radical (unpaired) electrons. The predicted octanol–water partition coefficient (Wildman–Crippen LogP) is 15.9. The quantitative estimate of drug-likeness (QED) is 0.0387. The van der Waals surface area contributed by atoms with E-state index < -0.39 is 5.97 Å². The molecule has 0 spiro atoms. The molecule has 4 nitrogen and oxygen atoms in total. The molecule has 0 aromatic heterocycles. The first-order valence-corrected chi connectivity index (χ1v) is 22.6. The number of carboxylic acids is 1. The summed E-state index contributed by atoms with van der Waals surface area (Å²) in [6, 6.07) is 0. The molecule has 0 saturated carbocycles. The molecule has 0 aromatic carbocycles. The smallest absolute Gasteiger partial charge is 0.306 e. The summed E-state index contributed by atoms with van der Waals surface area (Å²) >= 11 is 0. The number of carboxylic acid groups (broad SMARTS) is 1. The van der Waals surface area contributed by atoms with E-state index in [1.54, 1.807) is 0 Å². The van der Waals surface area contributed by atoms with Gasteiger partial charge in [0, 0.05) is 12.8 Å². The fourth-order valence-corrected chi connectivity index (χ4v) is 6.70. The van der Waals surface area contributed by atoms with Crippen LogP contribution in [0.15, 0.2) is 48.6 Å². The van der Waals surface area contributed by atoms with Crippen molar-refractivity contribution in [3.8, 4) is 0 Å². The summed E-state index contributed by atoms with van der Waals surface area (Å²) in [5.74, 6) is -0.639. The summed E-state index contributed by atoms with van der Waals surface area (Å²) in [4.78, 5) is 23.2. The second kappa shape index (κ2) is 43.3. The van der Waals surface area contributed by atoms with Crippen LogP contribution < -0.4 is 0 Å². The van der Waals surface area contributed by atoms with E-state index in [1.165, 1.54) is 148 Å². The number of ether oxygens (including phenoxy) is 1. The summed E-state index contributed by atoms with van der Waals surface area (Å²) < 4.78 is 6.02. The zero-order valence-electron chi connectivity index (χ0n) is 34.6. The monoisotopic (exact) mass is 727 g/mol. The van der Waals surface area contributed by atoms with Gasteiger partial charge >= 0.3 is 11.9 Å². The molecule has 4 heteroatoms. The van der Waals surface area contributed by atoms with E-state index in [2.05, 4.69) is 62.5 Å². The number of unbranched alkanes of at least 4 members (excludes halogenated alkanes) is 24. The first-order valence-electron chi connectivity index (χ1n) is 22.6. The Morgan fingerprint density at radius 1 is 0.423 bits per heavy atom. The van der Waals surface area contributed by atoms with Crippen molar-refractivity contribution in [3.63, 3.8) is 0 Å². The molecule has 0 bridgehead atoms. The minimum Gasteiger partial charge on any atom is -0.481 e. The topological polar surface area (TPSA) is 63.6 Å². The first-order chi connectivity index (χ1) is 25.6. The number of aliphatic carboxylic acids is 1. The number of rotatable bonds is 41.